The minimum Gasteiger partial charge on any atom is -0.481 e. The van der Waals surface area contributed by atoms with E-state index < -0.39 is 11.9 Å². The van der Waals surface area contributed by atoms with Crippen molar-refractivity contribution in [2.75, 3.05) is 19.8 Å². The molecule has 0 aliphatic heterocycles. The quantitative estimate of drug-likeness (QED) is 0.664. The summed E-state index contributed by atoms with van der Waals surface area (Å²) < 4.78 is 5.46. The van der Waals surface area contributed by atoms with Crippen LogP contribution in [-0.2, 0) is 14.3 Å². The second-order valence-corrected chi connectivity index (χ2v) is 6.11. The van der Waals surface area contributed by atoms with Crippen molar-refractivity contribution < 1.29 is 19.4 Å². The fourth-order valence-electron chi connectivity index (χ4n) is 2.95. The molecule has 3 unspecified atom stereocenters. The molecule has 20 heavy (non-hydrogen) atoms. The lowest BCUT2D eigenvalue weighted by atomic mass is 9.95. The predicted molar refractivity (Wildman–Crippen MR) is 74.2 cm³/mol. The van der Waals surface area contributed by atoms with Crippen molar-refractivity contribution in [2.24, 2.45) is 23.7 Å². The molecule has 3 atom stereocenters. The molecule has 1 amide bonds. The van der Waals surface area contributed by atoms with Gasteiger partial charge in [-0.3, -0.25) is 9.59 Å². The van der Waals surface area contributed by atoms with Crippen LogP contribution in [0.3, 0.4) is 0 Å². The summed E-state index contributed by atoms with van der Waals surface area (Å²) in [5.74, 6) is -0.775. The Morgan fingerprint density at radius 2 is 1.90 bits per heavy atom. The summed E-state index contributed by atoms with van der Waals surface area (Å²) in [6, 6.07) is 0. The molecule has 2 aliphatic carbocycles. The van der Waals surface area contributed by atoms with Gasteiger partial charge in [0.05, 0.1) is 18.4 Å². The number of carbonyl (C=O) groups is 2. The van der Waals surface area contributed by atoms with E-state index in [2.05, 4.69) is 12.2 Å². The highest BCUT2D eigenvalue weighted by Crippen LogP contribution is 2.38. The lowest BCUT2D eigenvalue weighted by Crippen LogP contribution is -2.37. The molecule has 2 aliphatic rings. The van der Waals surface area contributed by atoms with E-state index in [0.717, 1.165) is 18.9 Å². The van der Waals surface area contributed by atoms with Crippen LogP contribution in [0.2, 0.25) is 0 Å². The third kappa shape index (κ3) is 4.20. The van der Waals surface area contributed by atoms with Crippen LogP contribution < -0.4 is 5.32 Å². The Labute approximate surface area is 120 Å². The fraction of sp³-hybridized carbons (Fsp3) is 0.867. The summed E-state index contributed by atoms with van der Waals surface area (Å²) in [4.78, 5) is 23.3. The highest BCUT2D eigenvalue weighted by atomic mass is 16.5. The summed E-state index contributed by atoms with van der Waals surface area (Å²) in [5.41, 5.74) is 0. The molecule has 2 fully saturated rings. The molecule has 0 saturated heterocycles. The van der Waals surface area contributed by atoms with Crippen molar-refractivity contribution >= 4 is 11.9 Å². The van der Waals surface area contributed by atoms with Gasteiger partial charge in [0.25, 0.3) is 0 Å². The molecule has 2 rings (SSSR count). The van der Waals surface area contributed by atoms with Crippen molar-refractivity contribution in [1.29, 1.82) is 0 Å². The number of carboxylic acid groups (broad SMARTS) is 1. The van der Waals surface area contributed by atoms with E-state index in [-0.39, 0.29) is 11.8 Å². The minimum absolute atomic E-state index is 0.122. The standard InChI is InChI=1S/C15H25NO4/c1-2-10-7-12(13(8-10)15(18)19)14(17)16-5-6-20-9-11-3-4-11/h10-13H,2-9H2,1H3,(H,16,17)(H,18,19). The first-order valence-electron chi connectivity index (χ1n) is 7.70. The maximum Gasteiger partial charge on any atom is 0.307 e. The van der Waals surface area contributed by atoms with Gasteiger partial charge in [-0.15, -0.1) is 0 Å². The third-order valence-electron chi connectivity index (χ3n) is 4.49. The summed E-state index contributed by atoms with van der Waals surface area (Å²) >= 11 is 0. The number of rotatable bonds is 8. The number of carboxylic acids is 1. The molecule has 0 spiro atoms. The monoisotopic (exact) mass is 283 g/mol. The molecule has 2 saturated carbocycles. The molecular weight excluding hydrogens is 258 g/mol. The molecule has 0 aromatic heterocycles. The number of hydrogen-bond donors (Lipinski definition) is 2. The molecule has 5 heteroatoms. The predicted octanol–water partition coefficient (Wildman–Crippen LogP) is 1.67. The highest BCUT2D eigenvalue weighted by molar-refractivity contribution is 5.85. The third-order valence-corrected chi connectivity index (χ3v) is 4.49. The molecule has 0 aromatic carbocycles. The molecule has 0 heterocycles. The molecule has 2 N–H and O–H groups in total. The van der Waals surface area contributed by atoms with Gasteiger partial charge in [0.2, 0.25) is 5.91 Å². The van der Waals surface area contributed by atoms with Gasteiger partial charge >= 0.3 is 5.97 Å². The number of ether oxygens (including phenoxy) is 1. The van der Waals surface area contributed by atoms with E-state index in [4.69, 9.17) is 4.74 Å². The van der Waals surface area contributed by atoms with Crippen molar-refractivity contribution in [3.8, 4) is 0 Å². The zero-order valence-corrected chi connectivity index (χ0v) is 12.1. The van der Waals surface area contributed by atoms with E-state index in [1.165, 1.54) is 12.8 Å². The van der Waals surface area contributed by atoms with E-state index >= 15 is 0 Å². The number of aliphatic carboxylic acids is 1. The largest absolute Gasteiger partial charge is 0.481 e. The number of nitrogens with one attached hydrogen (secondary N) is 1. The van der Waals surface area contributed by atoms with Gasteiger partial charge in [0.1, 0.15) is 0 Å². The van der Waals surface area contributed by atoms with Crippen LogP contribution in [0.15, 0.2) is 0 Å². The van der Waals surface area contributed by atoms with Gasteiger partial charge in [-0.1, -0.05) is 13.3 Å². The van der Waals surface area contributed by atoms with E-state index in [0.29, 0.717) is 31.9 Å². The molecule has 0 radical (unpaired) electrons. The zero-order chi connectivity index (χ0) is 14.5. The van der Waals surface area contributed by atoms with Crippen LogP contribution in [0.5, 0.6) is 0 Å². The Balaban J connectivity index is 1.70. The maximum atomic E-state index is 12.1. The summed E-state index contributed by atoms with van der Waals surface area (Å²) in [7, 11) is 0. The SMILES string of the molecule is CCC1CC(C(=O)O)C(C(=O)NCCOCC2CC2)C1. The number of amides is 1. The molecule has 5 nitrogen and oxygen atoms in total. The Morgan fingerprint density at radius 3 is 2.50 bits per heavy atom. The normalized spacial score (nSPS) is 29.4. The molecule has 0 bridgehead atoms. The van der Waals surface area contributed by atoms with Gasteiger partial charge in [-0.2, -0.15) is 0 Å². The van der Waals surface area contributed by atoms with Crippen LogP contribution in [0.1, 0.15) is 39.0 Å². The van der Waals surface area contributed by atoms with Crippen LogP contribution in [0, 0.1) is 23.7 Å². The lowest BCUT2D eigenvalue weighted by molar-refractivity contribution is -0.146. The Bertz CT molecular complexity index is 354. The number of hydrogen-bond acceptors (Lipinski definition) is 3. The summed E-state index contributed by atoms with van der Waals surface area (Å²) in [6.45, 7) is 3.83. The van der Waals surface area contributed by atoms with E-state index in [1.807, 2.05) is 0 Å². The second kappa shape index (κ2) is 7.07. The Hall–Kier alpha value is -1.10. The van der Waals surface area contributed by atoms with Crippen LogP contribution in [0.4, 0.5) is 0 Å². The van der Waals surface area contributed by atoms with Crippen LogP contribution >= 0.6 is 0 Å². The minimum atomic E-state index is -0.842. The second-order valence-electron chi connectivity index (χ2n) is 6.11. The first kappa shape index (κ1) is 15.3. The van der Waals surface area contributed by atoms with Gasteiger partial charge in [0, 0.05) is 13.2 Å². The van der Waals surface area contributed by atoms with Crippen molar-refractivity contribution in [1.82, 2.24) is 5.32 Å². The molecule has 0 aromatic rings. The zero-order valence-electron chi connectivity index (χ0n) is 12.1. The molecular formula is C15H25NO4. The summed E-state index contributed by atoms with van der Waals surface area (Å²) in [5, 5.41) is 12.0. The molecule has 114 valence electrons. The summed E-state index contributed by atoms with van der Waals surface area (Å²) in [6.07, 6.45) is 4.78. The first-order chi connectivity index (χ1) is 9.61. The van der Waals surface area contributed by atoms with Crippen molar-refractivity contribution in [3.63, 3.8) is 0 Å². The topological polar surface area (TPSA) is 75.6 Å². The fourth-order valence-corrected chi connectivity index (χ4v) is 2.95. The maximum absolute atomic E-state index is 12.1. The van der Waals surface area contributed by atoms with Gasteiger partial charge in [-0.25, -0.2) is 0 Å². The highest BCUT2D eigenvalue weighted by Gasteiger charge is 2.41. The van der Waals surface area contributed by atoms with E-state index in [9.17, 15) is 14.7 Å². The Morgan fingerprint density at radius 1 is 1.20 bits per heavy atom. The van der Waals surface area contributed by atoms with Gasteiger partial charge in [-0.05, 0) is 37.5 Å². The first-order valence-corrected chi connectivity index (χ1v) is 7.70. The van der Waals surface area contributed by atoms with Crippen molar-refractivity contribution in [2.45, 2.75) is 39.0 Å². The Kier molecular flexibility index (Phi) is 5.40. The number of carbonyl (C=O) groups excluding carboxylic acids is 1. The lowest BCUT2D eigenvalue weighted by Gasteiger charge is -2.15. The van der Waals surface area contributed by atoms with E-state index in [1.54, 1.807) is 0 Å². The van der Waals surface area contributed by atoms with Crippen LogP contribution in [0.25, 0.3) is 0 Å². The smallest absolute Gasteiger partial charge is 0.307 e. The van der Waals surface area contributed by atoms with Crippen molar-refractivity contribution in [3.05, 3.63) is 0 Å². The van der Waals surface area contributed by atoms with Crippen LogP contribution in [-0.4, -0.2) is 36.7 Å². The van der Waals surface area contributed by atoms with Gasteiger partial charge < -0.3 is 15.2 Å². The average Bonchev–Trinajstić information content (AvgIpc) is 3.14. The van der Waals surface area contributed by atoms with Gasteiger partial charge in [0.15, 0.2) is 0 Å². The average molecular weight is 283 g/mol.